The summed E-state index contributed by atoms with van der Waals surface area (Å²) >= 11 is 0. The third-order valence-corrected chi connectivity index (χ3v) is 5.93. The van der Waals surface area contributed by atoms with Crippen LogP contribution in [0, 0.1) is 12.8 Å². The zero-order chi connectivity index (χ0) is 21.2. The van der Waals surface area contributed by atoms with Gasteiger partial charge in [-0.25, -0.2) is 9.97 Å². The van der Waals surface area contributed by atoms with E-state index in [1.54, 1.807) is 6.20 Å². The van der Waals surface area contributed by atoms with Crippen molar-refractivity contribution in [2.24, 2.45) is 5.92 Å². The number of H-pyrrole nitrogens is 1. The van der Waals surface area contributed by atoms with E-state index in [0.29, 0.717) is 0 Å². The summed E-state index contributed by atoms with van der Waals surface area (Å²) in [5.41, 5.74) is 3.89. The monoisotopic (exact) mass is 414 g/mol. The number of likely N-dealkylation sites (tertiary alicyclic amines) is 1. The predicted octanol–water partition coefficient (Wildman–Crippen LogP) is 3.91. The van der Waals surface area contributed by atoms with Crippen LogP contribution in [0.25, 0.3) is 16.7 Å². The SMILES string of the molecule is Cc1nccn1-c1ccc(NC(=O)[C@H]2CCCN(Cc3nc4ccccc4[nH]3)C2)cc1. The van der Waals surface area contributed by atoms with Crippen molar-refractivity contribution >= 4 is 22.6 Å². The minimum absolute atomic E-state index is 0.0197. The van der Waals surface area contributed by atoms with Gasteiger partial charge in [-0.2, -0.15) is 0 Å². The molecule has 0 bridgehead atoms. The lowest BCUT2D eigenvalue weighted by Crippen LogP contribution is -2.40. The molecule has 3 heterocycles. The number of nitrogens with one attached hydrogen (secondary N) is 2. The van der Waals surface area contributed by atoms with Gasteiger partial charge in [-0.1, -0.05) is 12.1 Å². The van der Waals surface area contributed by atoms with Gasteiger partial charge >= 0.3 is 0 Å². The summed E-state index contributed by atoms with van der Waals surface area (Å²) in [6.07, 6.45) is 5.64. The maximum Gasteiger partial charge on any atom is 0.228 e. The Morgan fingerprint density at radius 3 is 2.81 bits per heavy atom. The van der Waals surface area contributed by atoms with E-state index in [2.05, 4.69) is 25.2 Å². The highest BCUT2D eigenvalue weighted by Crippen LogP contribution is 2.22. The lowest BCUT2D eigenvalue weighted by atomic mass is 9.97. The van der Waals surface area contributed by atoms with Gasteiger partial charge in [-0.05, 0) is 62.7 Å². The third kappa shape index (κ3) is 4.22. The number of hydrogen-bond donors (Lipinski definition) is 2. The second kappa shape index (κ2) is 8.35. The molecule has 1 aliphatic rings. The second-order valence-corrected chi connectivity index (χ2v) is 8.16. The summed E-state index contributed by atoms with van der Waals surface area (Å²) in [5, 5.41) is 3.09. The van der Waals surface area contributed by atoms with Crippen LogP contribution in [0.15, 0.2) is 60.9 Å². The van der Waals surface area contributed by atoms with Crippen LogP contribution in [-0.4, -0.2) is 43.4 Å². The molecule has 0 aliphatic carbocycles. The van der Waals surface area contributed by atoms with Crippen molar-refractivity contribution in [1.82, 2.24) is 24.4 Å². The molecule has 1 aliphatic heterocycles. The van der Waals surface area contributed by atoms with E-state index in [0.717, 1.165) is 66.5 Å². The molecule has 1 amide bonds. The van der Waals surface area contributed by atoms with E-state index < -0.39 is 0 Å². The number of benzene rings is 2. The summed E-state index contributed by atoms with van der Waals surface area (Å²) in [4.78, 5) is 27.5. The molecular formula is C24H26N6O. The number of piperidine rings is 1. The quantitative estimate of drug-likeness (QED) is 0.519. The molecule has 158 valence electrons. The summed E-state index contributed by atoms with van der Waals surface area (Å²) in [6.45, 7) is 4.43. The first-order valence-corrected chi connectivity index (χ1v) is 10.7. The average molecular weight is 415 g/mol. The summed E-state index contributed by atoms with van der Waals surface area (Å²) in [7, 11) is 0. The van der Waals surface area contributed by atoms with Crippen LogP contribution in [0.1, 0.15) is 24.5 Å². The average Bonchev–Trinajstić information content (AvgIpc) is 3.40. The van der Waals surface area contributed by atoms with Crippen molar-refractivity contribution in [3.63, 3.8) is 0 Å². The normalized spacial score (nSPS) is 17.1. The van der Waals surface area contributed by atoms with Gasteiger partial charge < -0.3 is 14.9 Å². The van der Waals surface area contributed by atoms with Crippen LogP contribution < -0.4 is 5.32 Å². The fourth-order valence-corrected chi connectivity index (χ4v) is 4.31. The van der Waals surface area contributed by atoms with E-state index in [4.69, 9.17) is 0 Å². The molecule has 1 atom stereocenters. The van der Waals surface area contributed by atoms with E-state index in [1.165, 1.54) is 0 Å². The van der Waals surface area contributed by atoms with Gasteiger partial charge in [0.25, 0.3) is 0 Å². The minimum atomic E-state index is -0.0197. The van der Waals surface area contributed by atoms with Crippen molar-refractivity contribution in [3.8, 4) is 5.69 Å². The number of aromatic nitrogens is 4. The molecule has 0 spiro atoms. The van der Waals surface area contributed by atoms with Crippen molar-refractivity contribution in [2.45, 2.75) is 26.3 Å². The molecule has 31 heavy (non-hydrogen) atoms. The Balaban J connectivity index is 1.21. The van der Waals surface area contributed by atoms with Crippen LogP contribution in [0.4, 0.5) is 5.69 Å². The van der Waals surface area contributed by atoms with Crippen molar-refractivity contribution in [3.05, 3.63) is 72.6 Å². The van der Waals surface area contributed by atoms with E-state index in [9.17, 15) is 4.79 Å². The highest BCUT2D eigenvalue weighted by atomic mass is 16.1. The van der Waals surface area contributed by atoms with Crippen LogP contribution in [0.3, 0.4) is 0 Å². The van der Waals surface area contributed by atoms with Crippen molar-refractivity contribution in [1.29, 1.82) is 0 Å². The number of aryl methyl sites for hydroxylation is 1. The van der Waals surface area contributed by atoms with Gasteiger partial charge in [-0.15, -0.1) is 0 Å². The molecule has 2 aromatic heterocycles. The van der Waals surface area contributed by atoms with Gasteiger partial charge in [0.15, 0.2) is 0 Å². The Morgan fingerprint density at radius 1 is 1.19 bits per heavy atom. The van der Waals surface area contributed by atoms with Crippen molar-refractivity contribution in [2.75, 3.05) is 18.4 Å². The first-order valence-electron chi connectivity index (χ1n) is 10.7. The maximum absolute atomic E-state index is 12.9. The van der Waals surface area contributed by atoms with Crippen LogP contribution >= 0.6 is 0 Å². The molecule has 4 aromatic rings. The summed E-state index contributed by atoms with van der Waals surface area (Å²) < 4.78 is 2.02. The number of carbonyl (C=O) groups is 1. The van der Waals surface area contributed by atoms with Crippen LogP contribution in [-0.2, 0) is 11.3 Å². The molecule has 7 heteroatoms. The number of aromatic amines is 1. The highest BCUT2D eigenvalue weighted by Gasteiger charge is 2.26. The number of amides is 1. The topological polar surface area (TPSA) is 78.8 Å². The van der Waals surface area contributed by atoms with Crippen LogP contribution in [0.5, 0.6) is 0 Å². The lowest BCUT2D eigenvalue weighted by molar-refractivity contribution is -0.121. The number of para-hydroxylation sites is 2. The minimum Gasteiger partial charge on any atom is -0.341 e. The summed E-state index contributed by atoms with van der Waals surface area (Å²) in [6, 6.07) is 16.0. The standard InChI is InChI=1S/C24H26N6O/c1-17-25-12-14-30(17)20-10-8-19(9-11-20)26-24(31)18-5-4-13-29(15-18)16-23-27-21-6-2-3-7-22(21)28-23/h2-3,6-12,14,18H,4-5,13,15-16H2,1H3,(H,26,31)(H,27,28)/t18-/m0/s1. The van der Waals surface area contributed by atoms with Crippen LogP contribution in [0.2, 0.25) is 0 Å². The molecule has 2 N–H and O–H groups in total. The number of anilines is 1. The number of carbonyl (C=O) groups excluding carboxylic acids is 1. The zero-order valence-electron chi connectivity index (χ0n) is 17.6. The fourth-order valence-electron chi connectivity index (χ4n) is 4.31. The molecule has 5 rings (SSSR count). The maximum atomic E-state index is 12.9. The fraction of sp³-hybridized carbons (Fsp3) is 0.292. The van der Waals surface area contributed by atoms with Gasteiger partial charge in [0.05, 0.1) is 23.5 Å². The molecule has 0 radical (unpaired) electrons. The largest absolute Gasteiger partial charge is 0.341 e. The van der Waals surface area contributed by atoms with Gasteiger partial charge in [0.2, 0.25) is 5.91 Å². The van der Waals surface area contributed by atoms with E-state index in [1.807, 2.05) is 66.2 Å². The predicted molar refractivity (Wildman–Crippen MR) is 121 cm³/mol. The Bertz CT molecular complexity index is 1160. The number of imidazole rings is 2. The van der Waals surface area contributed by atoms with Gasteiger partial charge in [-0.3, -0.25) is 9.69 Å². The first kappa shape index (κ1) is 19.5. The third-order valence-electron chi connectivity index (χ3n) is 5.93. The number of rotatable bonds is 5. The number of nitrogens with zero attached hydrogens (tertiary/aromatic N) is 4. The highest BCUT2D eigenvalue weighted by molar-refractivity contribution is 5.92. The molecule has 7 nitrogen and oxygen atoms in total. The number of fused-ring (bicyclic) bond motifs is 1. The molecule has 2 aromatic carbocycles. The summed E-state index contributed by atoms with van der Waals surface area (Å²) in [5.74, 6) is 1.95. The molecule has 1 fully saturated rings. The van der Waals surface area contributed by atoms with E-state index in [-0.39, 0.29) is 11.8 Å². The molecule has 0 unspecified atom stereocenters. The smallest absolute Gasteiger partial charge is 0.228 e. The Morgan fingerprint density at radius 2 is 2.03 bits per heavy atom. The van der Waals surface area contributed by atoms with E-state index >= 15 is 0 Å². The lowest BCUT2D eigenvalue weighted by Gasteiger charge is -2.31. The Labute approximate surface area is 181 Å². The number of hydrogen-bond acceptors (Lipinski definition) is 4. The van der Waals surface area contributed by atoms with Crippen molar-refractivity contribution < 1.29 is 4.79 Å². The molecule has 1 saturated heterocycles. The molecule has 0 saturated carbocycles. The van der Waals surface area contributed by atoms with Gasteiger partial charge in [0.1, 0.15) is 11.6 Å². The Hall–Kier alpha value is -3.45. The van der Waals surface area contributed by atoms with Gasteiger partial charge in [0, 0.05) is 30.3 Å². The zero-order valence-corrected chi connectivity index (χ0v) is 17.6. The molecular weight excluding hydrogens is 388 g/mol. The second-order valence-electron chi connectivity index (χ2n) is 8.16. The Kier molecular flexibility index (Phi) is 5.26. The first-order chi connectivity index (χ1) is 15.2.